The highest BCUT2D eigenvalue weighted by molar-refractivity contribution is 7.89. The molecule has 0 aromatic carbocycles. The number of aliphatic hydroxyl groups excluding tert-OH is 1. The Bertz CT molecular complexity index is 633. The van der Waals surface area contributed by atoms with Crippen LogP contribution in [0.1, 0.15) is 12.5 Å². The Morgan fingerprint density at radius 3 is 3.05 bits per heavy atom. The van der Waals surface area contributed by atoms with Gasteiger partial charge in [-0.15, -0.1) is 0 Å². The number of hydrogen-bond acceptors (Lipinski definition) is 5. The average Bonchev–Trinajstić information content (AvgIpc) is 2.45. The number of ether oxygens (including phenoxy) is 1. The van der Waals surface area contributed by atoms with Crippen molar-refractivity contribution in [3.8, 4) is 11.8 Å². The van der Waals surface area contributed by atoms with Crippen LogP contribution in [0.5, 0.6) is 0 Å². The molecule has 0 amide bonds. The van der Waals surface area contributed by atoms with Crippen LogP contribution in [-0.2, 0) is 14.8 Å². The van der Waals surface area contributed by atoms with E-state index in [4.69, 9.17) is 9.84 Å². The van der Waals surface area contributed by atoms with Crippen LogP contribution < -0.4 is 0 Å². The predicted molar refractivity (Wildman–Crippen MR) is 72.4 cm³/mol. The number of morpholine rings is 1. The lowest BCUT2D eigenvalue weighted by Gasteiger charge is -2.32. The van der Waals surface area contributed by atoms with Crippen molar-refractivity contribution in [1.29, 1.82) is 0 Å². The first kappa shape index (κ1) is 14.9. The third kappa shape index (κ3) is 3.16. The van der Waals surface area contributed by atoms with Crippen molar-refractivity contribution in [1.82, 2.24) is 9.29 Å². The summed E-state index contributed by atoms with van der Waals surface area (Å²) in [5, 5.41) is 8.66. The molecule has 1 saturated heterocycles. The Kier molecular flexibility index (Phi) is 4.73. The summed E-state index contributed by atoms with van der Waals surface area (Å²) >= 11 is 0. The molecule has 1 N–H and O–H groups in total. The van der Waals surface area contributed by atoms with E-state index in [0.29, 0.717) is 25.3 Å². The van der Waals surface area contributed by atoms with Gasteiger partial charge in [0.05, 0.1) is 13.2 Å². The van der Waals surface area contributed by atoms with Crippen molar-refractivity contribution in [2.45, 2.75) is 17.9 Å². The molecule has 1 fully saturated rings. The average molecular weight is 296 g/mol. The number of rotatable bonds is 2. The summed E-state index contributed by atoms with van der Waals surface area (Å²) < 4.78 is 31.8. The van der Waals surface area contributed by atoms with E-state index < -0.39 is 10.0 Å². The van der Waals surface area contributed by atoms with Crippen LogP contribution in [0.4, 0.5) is 0 Å². The van der Waals surface area contributed by atoms with Crippen LogP contribution in [0.25, 0.3) is 0 Å². The Morgan fingerprint density at radius 2 is 2.35 bits per heavy atom. The van der Waals surface area contributed by atoms with Gasteiger partial charge in [0.15, 0.2) is 0 Å². The van der Waals surface area contributed by atoms with Gasteiger partial charge in [-0.05, 0) is 13.0 Å². The van der Waals surface area contributed by atoms with Crippen LogP contribution >= 0.6 is 0 Å². The van der Waals surface area contributed by atoms with Gasteiger partial charge in [-0.3, -0.25) is 4.98 Å². The number of hydrogen-bond donors (Lipinski definition) is 1. The summed E-state index contributed by atoms with van der Waals surface area (Å²) in [6.07, 6.45) is 2.77. The summed E-state index contributed by atoms with van der Waals surface area (Å²) in [6, 6.07) is 1.26. The Hall–Kier alpha value is -1.46. The second-order valence-electron chi connectivity index (χ2n) is 4.41. The molecule has 7 heteroatoms. The Labute approximate surface area is 118 Å². The molecule has 1 atom stereocenters. The minimum Gasteiger partial charge on any atom is -0.384 e. The fraction of sp³-hybridized carbons (Fsp3) is 0.462. The molecule has 1 aromatic heterocycles. The zero-order valence-electron chi connectivity index (χ0n) is 11.1. The van der Waals surface area contributed by atoms with Gasteiger partial charge in [-0.2, -0.15) is 4.31 Å². The van der Waals surface area contributed by atoms with Crippen LogP contribution in [0.3, 0.4) is 0 Å². The van der Waals surface area contributed by atoms with Gasteiger partial charge < -0.3 is 9.84 Å². The lowest BCUT2D eigenvalue weighted by Crippen LogP contribution is -2.46. The summed E-state index contributed by atoms with van der Waals surface area (Å²) in [7, 11) is -3.60. The first-order chi connectivity index (χ1) is 9.55. The van der Waals surface area contributed by atoms with Crippen molar-refractivity contribution in [3.63, 3.8) is 0 Å². The maximum Gasteiger partial charge on any atom is 0.245 e. The Balaban J connectivity index is 2.34. The van der Waals surface area contributed by atoms with Crippen molar-refractivity contribution in [2.24, 2.45) is 0 Å². The maximum atomic E-state index is 12.6. The van der Waals surface area contributed by atoms with Crippen molar-refractivity contribution in [3.05, 3.63) is 24.0 Å². The van der Waals surface area contributed by atoms with Gasteiger partial charge >= 0.3 is 0 Å². The van der Waals surface area contributed by atoms with Crippen molar-refractivity contribution in [2.75, 3.05) is 26.4 Å². The normalized spacial score (nSPS) is 20.2. The van der Waals surface area contributed by atoms with E-state index in [0.717, 1.165) is 0 Å². The zero-order valence-corrected chi connectivity index (χ0v) is 11.9. The number of sulfonamides is 1. The molecule has 20 heavy (non-hydrogen) atoms. The van der Waals surface area contributed by atoms with Gasteiger partial charge in [-0.1, -0.05) is 11.8 Å². The molecule has 0 bridgehead atoms. The van der Waals surface area contributed by atoms with Crippen LogP contribution in [0, 0.1) is 11.8 Å². The first-order valence-electron chi connectivity index (χ1n) is 6.20. The third-order valence-corrected chi connectivity index (χ3v) is 4.92. The van der Waals surface area contributed by atoms with E-state index in [1.807, 2.05) is 0 Å². The van der Waals surface area contributed by atoms with Gasteiger partial charge in [0.2, 0.25) is 10.0 Å². The van der Waals surface area contributed by atoms with E-state index in [1.54, 1.807) is 6.92 Å². The van der Waals surface area contributed by atoms with Crippen LogP contribution in [-0.4, -0.2) is 55.2 Å². The highest BCUT2D eigenvalue weighted by atomic mass is 32.2. The van der Waals surface area contributed by atoms with E-state index >= 15 is 0 Å². The fourth-order valence-electron chi connectivity index (χ4n) is 1.97. The monoisotopic (exact) mass is 296 g/mol. The molecular formula is C13H16N2O4S. The van der Waals surface area contributed by atoms with Crippen LogP contribution in [0.2, 0.25) is 0 Å². The fourth-order valence-corrected chi connectivity index (χ4v) is 3.56. The highest BCUT2D eigenvalue weighted by Crippen LogP contribution is 2.20. The van der Waals surface area contributed by atoms with E-state index in [-0.39, 0.29) is 17.5 Å². The second kappa shape index (κ2) is 6.33. The van der Waals surface area contributed by atoms with E-state index in [9.17, 15) is 8.42 Å². The SMILES string of the molecule is CC1COCCN1S(=O)(=O)c1cncc(C#CCO)c1. The van der Waals surface area contributed by atoms with E-state index in [1.165, 1.54) is 22.8 Å². The molecule has 2 heterocycles. The van der Waals surface area contributed by atoms with Gasteiger partial charge in [0.25, 0.3) is 0 Å². The molecule has 2 rings (SSSR count). The summed E-state index contributed by atoms with van der Waals surface area (Å²) in [4.78, 5) is 4.01. The molecule has 0 spiro atoms. The van der Waals surface area contributed by atoms with Crippen molar-refractivity contribution >= 4 is 10.0 Å². The lowest BCUT2D eigenvalue weighted by molar-refractivity contribution is 0.0392. The second-order valence-corrected chi connectivity index (χ2v) is 6.30. The molecule has 0 aliphatic carbocycles. The quantitative estimate of drug-likeness (QED) is 0.767. The number of aliphatic hydroxyl groups is 1. The van der Waals surface area contributed by atoms with Gasteiger partial charge in [-0.25, -0.2) is 8.42 Å². The lowest BCUT2D eigenvalue weighted by atomic mass is 10.3. The van der Waals surface area contributed by atoms with Gasteiger partial charge in [0, 0.05) is 30.5 Å². The standard InChI is InChI=1S/C13H16N2O4S/c1-11-10-19-6-4-15(11)20(17,18)13-7-12(3-2-5-16)8-14-9-13/h7-9,11,16H,4-6,10H2,1H3. The molecule has 108 valence electrons. The summed E-state index contributed by atoms with van der Waals surface area (Å²) in [5.41, 5.74) is 0.459. The zero-order chi connectivity index (χ0) is 14.6. The summed E-state index contributed by atoms with van der Waals surface area (Å²) in [5.74, 6) is 5.12. The minimum absolute atomic E-state index is 0.107. The molecule has 1 unspecified atom stereocenters. The minimum atomic E-state index is -3.60. The number of nitrogens with zero attached hydrogens (tertiary/aromatic N) is 2. The van der Waals surface area contributed by atoms with Gasteiger partial charge in [0.1, 0.15) is 11.5 Å². The number of pyridine rings is 1. The molecule has 6 nitrogen and oxygen atoms in total. The van der Waals surface area contributed by atoms with Crippen LogP contribution in [0.15, 0.2) is 23.4 Å². The molecule has 1 aliphatic heterocycles. The summed E-state index contributed by atoms with van der Waals surface area (Å²) in [6.45, 7) is 2.63. The first-order valence-corrected chi connectivity index (χ1v) is 7.64. The molecular weight excluding hydrogens is 280 g/mol. The topological polar surface area (TPSA) is 79.7 Å². The molecule has 0 radical (unpaired) electrons. The molecule has 1 aromatic rings. The molecule has 1 aliphatic rings. The smallest absolute Gasteiger partial charge is 0.245 e. The van der Waals surface area contributed by atoms with Crippen molar-refractivity contribution < 1.29 is 18.3 Å². The largest absolute Gasteiger partial charge is 0.384 e. The molecule has 0 saturated carbocycles. The predicted octanol–water partition coefficient (Wildman–Crippen LogP) is -0.165. The highest BCUT2D eigenvalue weighted by Gasteiger charge is 2.31. The van der Waals surface area contributed by atoms with E-state index in [2.05, 4.69) is 16.8 Å². The third-order valence-electron chi connectivity index (χ3n) is 2.94. The number of aromatic nitrogens is 1. The Morgan fingerprint density at radius 1 is 1.55 bits per heavy atom. The maximum absolute atomic E-state index is 12.6.